The van der Waals surface area contributed by atoms with Gasteiger partial charge in [-0.2, -0.15) is 13.2 Å². The molecule has 0 spiro atoms. The molecule has 0 atom stereocenters. The lowest BCUT2D eigenvalue weighted by molar-refractivity contribution is -0.137. The Labute approximate surface area is 89.9 Å². The van der Waals surface area contributed by atoms with Crippen molar-refractivity contribution in [3.8, 4) is 0 Å². The van der Waals surface area contributed by atoms with E-state index in [1.807, 2.05) is 0 Å². The zero-order chi connectivity index (χ0) is 12.2. The Kier molecular flexibility index (Phi) is 3.76. The third kappa shape index (κ3) is 3.45. The Bertz CT molecular complexity index is 377. The predicted molar refractivity (Wildman–Crippen MR) is 52.2 cm³/mol. The summed E-state index contributed by atoms with van der Waals surface area (Å²) in [5, 5.41) is 10.8. The van der Waals surface area contributed by atoms with Gasteiger partial charge in [0.1, 0.15) is 0 Å². The quantitative estimate of drug-likeness (QED) is 0.840. The molecule has 1 rings (SSSR count). The van der Waals surface area contributed by atoms with Crippen LogP contribution in [-0.2, 0) is 11.0 Å². The first-order valence-corrected chi connectivity index (χ1v) is 4.53. The fraction of sp³-hybridized carbons (Fsp3) is 0.300. The monoisotopic (exact) mass is 233 g/mol. The smallest absolute Gasteiger partial charge is 0.418 e. The predicted octanol–water partition coefficient (Wildman–Crippen LogP) is 2.59. The van der Waals surface area contributed by atoms with E-state index in [1.54, 1.807) is 0 Å². The van der Waals surface area contributed by atoms with Crippen molar-refractivity contribution < 1.29 is 23.1 Å². The zero-order valence-electron chi connectivity index (χ0n) is 8.21. The SMILES string of the molecule is O=C(O)CCNc1ccccc1C(F)(F)F. The van der Waals surface area contributed by atoms with Crippen LogP contribution >= 0.6 is 0 Å². The molecule has 0 fully saturated rings. The maximum absolute atomic E-state index is 12.5. The maximum atomic E-state index is 12.5. The Balaban J connectivity index is 2.76. The molecule has 16 heavy (non-hydrogen) atoms. The number of aliphatic carboxylic acids is 1. The molecule has 0 aliphatic rings. The van der Waals surface area contributed by atoms with Crippen LogP contribution in [-0.4, -0.2) is 17.6 Å². The normalized spacial score (nSPS) is 11.2. The largest absolute Gasteiger partial charge is 0.481 e. The molecular weight excluding hydrogens is 223 g/mol. The van der Waals surface area contributed by atoms with E-state index in [0.717, 1.165) is 6.07 Å². The Hall–Kier alpha value is -1.72. The highest BCUT2D eigenvalue weighted by Crippen LogP contribution is 2.34. The third-order valence-corrected chi connectivity index (χ3v) is 1.89. The van der Waals surface area contributed by atoms with Crippen molar-refractivity contribution in [1.82, 2.24) is 0 Å². The molecular formula is C10H10F3NO2. The topological polar surface area (TPSA) is 49.3 Å². The highest BCUT2D eigenvalue weighted by Gasteiger charge is 2.32. The van der Waals surface area contributed by atoms with Gasteiger partial charge in [0, 0.05) is 12.2 Å². The number of carboxylic acid groups (broad SMARTS) is 1. The zero-order valence-corrected chi connectivity index (χ0v) is 8.21. The summed E-state index contributed by atoms with van der Waals surface area (Å²) in [6.07, 6.45) is -4.67. The first-order valence-electron chi connectivity index (χ1n) is 4.53. The summed E-state index contributed by atoms with van der Waals surface area (Å²) in [7, 11) is 0. The molecule has 0 bridgehead atoms. The number of rotatable bonds is 4. The molecule has 0 unspecified atom stereocenters. The number of hydrogen-bond donors (Lipinski definition) is 2. The van der Waals surface area contributed by atoms with Gasteiger partial charge < -0.3 is 10.4 Å². The molecule has 0 aliphatic carbocycles. The molecule has 2 N–H and O–H groups in total. The second kappa shape index (κ2) is 4.87. The molecule has 88 valence electrons. The number of anilines is 1. The van der Waals surface area contributed by atoms with Crippen molar-refractivity contribution in [2.45, 2.75) is 12.6 Å². The van der Waals surface area contributed by atoms with Gasteiger partial charge in [-0.05, 0) is 12.1 Å². The first kappa shape index (κ1) is 12.4. The van der Waals surface area contributed by atoms with Gasteiger partial charge >= 0.3 is 12.1 Å². The van der Waals surface area contributed by atoms with Crippen molar-refractivity contribution in [1.29, 1.82) is 0 Å². The van der Waals surface area contributed by atoms with Crippen LogP contribution in [0, 0.1) is 0 Å². The van der Waals surface area contributed by atoms with Crippen LogP contribution in [0.1, 0.15) is 12.0 Å². The molecule has 0 radical (unpaired) electrons. The highest BCUT2D eigenvalue weighted by atomic mass is 19.4. The van der Waals surface area contributed by atoms with Gasteiger partial charge in [-0.3, -0.25) is 4.79 Å². The molecule has 1 aromatic rings. The van der Waals surface area contributed by atoms with E-state index in [4.69, 9.17) is 5.11 Å². The summed E-state index contributed by atoms with van der Waals surface area (Å²) in [6.45, 7) is -0.0393. The minimum atomic E-state index is -4.44. The molecule has 6 heteroatoms. The van der Waals surface area contributed by atoms with E-state index >= 15 is 0 Å². The molecule has 1 aromatic carbocycles. The van der Waals surface area contributed by atoms with Crippen LogP contribution in [0.2, 0.25) is 0 Å². The lowest BCUT2D eigenvalue weighted by Crippen LogP contribution is -2.13. The van der Waals surface area contributed by atoms with E-state index in [0.29, 0.717) is 0 Å². The third-order valence-electron chi connectivity index (χ3n) is 1.89. The van der Waals surface area contributed by atoms with Gasteiger partial charge in [-0.15, -0.1) is 0 Å². The van der Waals surface area contributed by atoms with E-state index in [9.17, 15) is 18.0 Å². The van der Waals surface area contributed by atoms with Gasteiger partial charge in [0.2, 0.25) is 0 Å². The molecule has 0 aliphatic heterocycles. The lowest BCUT2D eigenvalue weighted by Gasteiger charge is -2.13. The van der Waals surface area contributed by atoms with E-state index < -0.39 is 17.7 Å². The van der Waals surface area contributed by atoms with Gasteiger partial charge in [0.05, 0.1) is 12.0 Å². The second-order valence-electron chi connectivity index (χ2n) is 3.11. The van der Waals surface area contributed by atoms with Crippen molar-refractivity contribution in [3.63, 3.8) is 0 Å². The summed E-state index contributed by atoms with van der Waals surface area (Å²) in [5.74, 6) is -1.06. The van der Waals surface area contributed by atoms with Crippen LogP contribution < -0.4 is 5.32 Å². The number of nitrogens with one attached hydrogen (secondary N) is 1. The minimum Gasteiger partial charge on any atom is -0.481 e. The molecule has 0 amide bonds. The van der Waals surface area contributed by atoms with Gasteiger partial charge in [0.25, 0.3) is 0 Å². The van der Waals surface area contributed by atoms with E-state index in [1.165, 1.54) is 18.2 Å². The van der Waals surface area contributed by atoms with Crippen molar-refractivity contribution in [3.05, 3.63) is 29.8 Å². The minimum absolute atomic E-state index is 0.0393. The van der Waals surface area contributed by atoms with Crippen molar-refractivity contribution >= 4 is 11.7 Å². The average Bonchev–Trinajstić information content (AvgIpc) is 2.16. The summed E-state index contributed by atoms with van der Waals surface area (Å²) in [6, 6.07) is 4.96. The summed E-state index contributed by atoms with van der Waals surface area (Å²) >= 11 is 0. The number of hydrogen-bond acceptors (Lipinski definition) is 2. The number of alkyl halides is 3. The van der Waals surface area contributed by atoms with Crippen LogP contribution in [0.3, 0.4) is 0 Å². The molecule has 0 saturated carbocycles. The molecule has 3 nitrogen and oxygen atoms in total. The molecule has 0 saturated heterocycles. The average molecular weight is 233 g/mol. The summed E-state index contributed by atoms with van der Waals surface area (Å²) < 4.78 is 37.4. The Morgan fingerprint density at radius 2 is 1.94 bits per heavy atom. The molecule has 0 heterocycles. The Morgan fingerprint density at radius 3 is 2.50 bits per heavy atom. The lowest BCUT2D eigenvalue weighted by atomic mass is 10.1. The summed E-state index contributed by atoms with van der Waals surface area (Å²) in [4.78, 5) is 10.2. The number of para-hydroxylation sites is 1. The highest BCUT2D eigenvalue weighted by molar-refractivity contribution is 5.67. The fourth-order valence-corrected chi connectivity index (χ4v) is 1.19. The fourth-order valence-electron chi connectivity index (χ4n) is 1.19. The first-order chi connectivity index (χ1) is 7.41. The van der Waals surface area contributed by atoms with Crippen molar-refractivity contribution in [2.24, 2.45) is 0 Å². The standard InChI is InChI=1S/C10H10F3NO2/c11-10(12,13)7-3-1-2-4-8(7)14-6-5-9(15)16/h1-4,14H,5-6H2,(H,15,16). The van der Waals surface area contributed by atoms with E-state index in [-0.39, 0.29) is 18.7 Å². The van der Waals surface area contributed by atoms with Crippen LogP contribution in [0.15, 0.2) is 24.3 Å². The van der Waals surface area contributed by atoms with E-state index in [2.05, 4.69) is 5.32 Å². The Morgan fingerprint density at radius 1 is 1.31 bits per heavy atom. The van der Waals surface area contributed by atoms with Gasteiger partial charge in [-0.1, -0.05) is 12.1 Å². The number of halogens is 3. The van der Waals surface area contributed by atoms with Crippen LogP contribution in [0.4, 0.5) is 18.9 Å². The second-order valence-corrected chi connectivity index (χ2v) is 3.11. The number of carbonyl (C=O) groups is 1. The van der Waals surface area contributed by atoms with Crippen molar-refractivity contribution in [2.75, 3.05) is 11.9 Å². The van der Waals surface area contributed by atoms with Crippen LogP contribution in [0.25, 0.3) is 0 Å². The van der Waals surface area contributed by atoms with Crippen LogP contribution in [0.5, 0.6) is 0 Å². The van der Waals surface area contributed by atoms with Gasteiger partial charge in [0.15, 0.2) is 0 Å². The number of carboxylic acids is 1. The maximum Gasteiger partial charge on any atom is 0.418 e. The molecule has 0 aromatic heterocycles. The number of benzene rings is 1. The summed E-state index contributed by atoms with van der Waals surface area (Å²) in [5.41, 5.74) is -0.892. The van der Waals surface area contributed by atoms with Gasteiger partial charge in [-0.25, -0.2) is 0 Å².